The maximum Gasteiger partial charge on any atom is 0.305 e. The molecule has 3 aliphatic heterocycles. The number of methoxy groups -OCH3 is 1. The van der Waals surface area contributed by atoms with E-state index in [1.165, 1.54) is 25.7 Å². The Labute approximate surface area is 369 Å². The highest BCUT2D eigenvalue weighted by molar-refractivity contribution is 7.91. The third-order valence-electron chi connectivity index (χ3n) is 14.3. The lowest BCUT2D eigenvalue weighted by Crippen LogP contribution is -2.58. The zero-order valence-electron chi connectivity index (χ0n) is 37.2. The first kappa shape index (κ1) is 45.7. The number of hydrogen-bond donors (Lipinski definition) is 1. The molecule has 1 amide bonds. The number of ether oxygens (including phenoxy) is 1. The Morgan fingerprint density at radius 3 is 2.27 bits per heavy atom. The van der Waals surface area contributed by atoms with E-state index in [9.17, 15) is 18.0 Å². The van der Waals surface area contributed by atoms with Crippen LogP contribution in [0.2, 0.25) is 0 Å². The summed E-state index contributed by atoms with van der Waals surface area (Å²) in [5, 5.41) is 2.81. The van der Waals surface area contributed by atoms with Gasteiger partial charge in [-0.05, 0) is 169 Å². The van der Waals surface area contributed by atoms with Crippen molar-refractivity contribution in [1.82, 2.24) is 14.7 Å². The van der Waals surface area contributed by atoms with Gasteiger partial charge in [0.15, 0.2) is 0 Å². The van der Waals surface area contributed by atoms with Gasteiger partial charge in [0.25, 0.3) is 0 Å². The molecule has 336 valence electrons. The lowest BCUT2D eigenvalue weighted by atomic mass is 9.56. The highest BCUT2D eigenvalue weighted by atomic mass is 32.2. The Hall–Kier alpha value is -4.30. The molecule has 62 heavy (non-hydrogen) atoms. The third-order valence-corrected chi connectivity index (χ3v) is 16.1. The molecule has 11 nitrogen and oxygen atoms in total. The number of benzene rings is 3. The number of halogens is 1. The molecule has 0 aromatic heterocycles. The maximum atomic E-state index is 15.1. The Morgan fingerprint density at radius 1 is 0.903 bits per heavy atom. The lowest BCUT2D eigenvalue weighted by molar-refractivity contribution is -0.142. The molecule has 1 aliphatic carbocycles. The van der Waals surface area contributed by atoms with E-state index in [0.717, 1.165) is 121 Å². The van der Waals surface area contributed by atoms with Gasteiger partial charge in [0, 0.05) is 63.2 Å². The molecule has 13 heteroatoms. The molecular formula is C49H67FN6O5S. The van der Waals surface area contributed by atoms with Crippen molar-refractivity contribution in [1.29, 1.82) is 0 Å². The van der Waals surface area contributed by atoms with Crippen LogP contribution in [0.4, 0.5) is 21.5 Å². The van der Waals surface area contributed by atoms with Crippen LogP contribution in [0.3, 0.4) is 0 Å². The number of carbonyl (C=O) groups is 2. The molecule has 0 bridgehead atoms. The fraction of sp³-hybridized carbons (Fsp3) is 0.551. The highest BCUT2D eigenvalue weighted by Crippen LogP contribution is 2.54. The molecule has 3 aromatic rings. The molecule has 3 saturated heterocycles. The summed E-state index contributed by atoms with van der Waals surface area (Å²) in [6, 6.07) is 19.4. The number of piperidine rings is 1. The van der Waals surface area contributed by atoms with Gasteiger partial charge in [-0.2, -0.15) is 0 Å². The van der Waals surface area contributed by atoms with Crippen LogP contribution in [0.1, 0.15) is 56.9 Å². The number of nitrogens with zero attached hydrogens (tertiary/aromatic N) is 5. The summed E-state index contributed by atoms with van der Waals surface area (Å²) in [5.41, 5.74) is 3.03. The van der Waals surface area contributed by atoms with Gasteiger partial charge in [0.05, 0.1) is 28.3 Å². The topological polar surface area (TPSA) is 106 Å². The number of esters is 1. The molecule has 3 atom stereocenters. The Bertz CT molecular complexity index is 2130. The van der Waals surface area contributed by atoms with Crippen LogP contribution in [0.5, 0.6) is 0 Å². The van der Waals surface area contributed by atoms with Gasteiger partial charge >= 0.3 is 5.97 Å². The number of rotatable bonds is 19. The smallest absolute Gasteiger partial charge is 0.305 e. The Balaban J connectivity index is 0.983. The van der Waals surface area contributed by atoms with E-state index >= 15 is 4.39 Å². The standard InChI is InChI=1S/C49H67FN6O5S/c1-6-47(57)51-45-31-43(19-20-46(45)53(4)24-9-23-52(2)3)62(59,60)42-17-15-41(16-18-42)56-33-36(34-56)32-54-27-21-38(22-28-54)49(35-55-25-10-26-55,39-12-8-13-40(50)30-39)44-14-7-11-37(44)29-48(58)61-5/h6,8,12-13,15-20,30-31,36-38,44H,1,7,9-11,14,21-29,32-35H2,2-5H3,(H,51,57)/t37-,44+,49+/m1/s1. The van der Waals surface area contributed by atoms with Crippen molar-refractivity contribution >= 4 is 38.8 Å². The number of sulfone groups is 1. The summed E-state index contributed by atoms with van der Waals surface area (Å²) >= 11 is 0. The second-order valence-corrected chi connectivity index (χ2v) is 20.5. The predicted molar refractivity (Wildman–Crippen MR) is 245 cm³/mol. The molecule has 3 aromatic carbocycles. The monoisotopic (exact) mass is 870 g/mol. The van der Waals surface area contributed by atoms with E-state index in [0.29, 0.717) is 29.9 Å². The Kier molecular flexibility index (Phi) is 14.8. The quantitative estimate of drug-likeness (QED) is 0.101. The SMILES string of the molecule is C=CC(=O)Nc1cc(S(=O)(=O)c2ccc(N3CC(CN4CCC([C@@](CN5CCC5)(c5cccc(F)c5)[C@H]5CCC[C@@H]5CC(=O)OC)CC4)C3)cc2)ccc1N(C)CCCN(C)C. The fourth-order valence-electron chi connectivity index (χ4n) is 10.9. The minimum Gasteiger partial charge on any atom is -0.469 e. The van der Waals surface area contributed by atoms with Gasteiger partial charge in [-0.1, -0.05) is 25.1 Å². The molecule has 0 spiro atoms. The average molecular weight is 871 g/mol. The number of amides is 1. The maximum absolute atomic E-state index is 15.1. The minimum absolute atomic E-state index is 0.112. The molecule has 1 saturated carbocycles. The van der Waals surface area contributed by atoms with E-state index in [-0.39, 0.29) is 32.9 Å². The first-order valence-corrected chi connectivity index (χ1v) is 24.1. The molecule has 3 heterocycles. The van der Waals surface area contributed by atoms with Crippen LogP contribution in [-0.2, 0) is 29.6 Å². The first-order valence-electron chi connectivity index (χ1n) is 22.6. The molecule has 4 aliphatic rings. The predicted octanol–water partition coefficient (Wildman–Crippen LogP) is 6.94. The first-order chi connectivity index (χ1) is 29.8. The van der Waals surface area contributed by atoms with Crippen LogP contribution in [0.25, 0.3) is 0 Å². The van der Waals surface area contributed by atoms with Crippen molar-refractivity contribution in [3.8, 4) is 0 Å². The van der Waals surface area contributed by atoms with Crippen molar-refractivity contribution in [2.24, 2.45) is 23.7 Å². The average Bonchev–Trinajstić information content (AvgIpc) is 3.70. The van der Waals surface area contributed by atoms with Crippen LogP contribution in [0.15, 0.2) is 89.2 Å². The fourth-order valence-corrected chi connectivity index (χ4v) is 12.2. The number of likely N-dealkylation sites (tertiary alicyclic amines) is 2. The van der Waals surface area contributed by atoms with Gasteiger partial charge in [-0.3, -0.25) is 9.59 Å². The summed E-state index contributed by atoms with van der Waals surface area (Å²) in [6.07, 6.45) is 8.92. The summed E-state index contributed by atoms with van der Waals surface area (Å²) in [4.78, 5) is 36.9. The molecule has 7 rings (SSSR count). The third kappa shape index (κ3) is 10.2. The van der Waals surface area contributed by atoms with Crippen molar-refractivity contribution in [3.63, 3.8) is 0 Å². The second kappa shape index (κ2) is 20.0. The van der Waals surface area contributed by atoms with E-state index in [2.05, 4.69) is 37.6 Å². The van der Waals surface area contributed by atoms with Gasteiger partial charge < -0.3 is 34.6 Å². The zero-order valence-corrected chi connectivity index (χ0v) is 38.1. The van der Waals surface area contributed by atoms with Crippen molar-refractivity contribution in [3.05, 3.63) is 90.8 Å². The summed E-state index contributed by atoms with van der Waals surface area (Å²) < 4.78 is 48.1. The van der Waals surface area contributed by atoms with Crippen LogP contribution < -0.4 is 15.1 Å². The summed E-state index contributed by atoms with van der Waals surface area (Å²) in [7, 11) is 3.59. The van der Waals surface area contributed by atoms with Gasteiger partial charge in [-0.25, -0.2) is 12.8 Å². The summed E-state index contributed by atoms with van der Waals surface area (Å²) in [6.45, 7) is 13.1. The van der Waals surface area contributed by atoms with Crippen LogP contribution >= 0.6 is 0 Å². The normalized spacial score (nSPS) is 21.2. The Morgan fingerprint density at radius 2 is 1.63 bits per heavy atom. The van der Waals surface area contributed by atoms with E-state index in [1.807, 2.05) is 44.2 Å². The van der Waals surface area contributed by atoms with Crippen LogP contribution in [-0.4, -0.2) is 129 Å². The number of nitrogens with one attached hydrogen (secondary N) is 1. The van der Waals surface area contributed by atoms with E-state index in [4.69, 9.17) is 4.74 Å². The van der Waals surface area contributed by atoms with Gasteiger partial charge in [0.2, 0.25) is 15.7 Å². The van der Waals surface area contributed by atoms with E-state index in [1.54, 1.807) is 36.4 Å². The molecule has 1 N–H and O–H groups in total. The lowest BCUT2D eigenvalue weighted by Gasteiger charge is -2.54. The highest BCUT2D eigenvalue weighted by Gasteiger charge is 2.53. The molecule has 0 radical (unpaired) electrons. The number of hydrogen-bond acceptors (Lipinski definition) is 10. The van der Waals surface area contributed by atoms with Crippen molar-refractivity contribution in [2.75, 3.05) is 109 Å². The van der Waals surface area contributed by atoms with Crippen molar-refractivity contribution < 1.29 is 27.1 Å². The molecular weight excluding hydrogens is 804 g/mol. The van der Waals surface area contributed by atoms with Crippen molar-refractivity contribution in [2.45, 2.75) is 66.6 Å². The van der Waals surface area contributed by atoms with Gasteiger partial charge in [-0.15, -0.1) is 0 Å². The zero-order chi connectivity index (χ0) is 44.0. The second-order valence-electron chi connectivity index (χ2n) is 18.6. The number of carbonyl (C=O) groups excluding carboxylic acids is 2. The van der Waals surface area contributed by atoms with Gasteiger partial charge in [0.1, 0.15) is 5.82 Å². The minimum atomic E-state index is -3.86. The largest absolute Gasteiger partial charge is 0.469 e. The summed E-state index contributed by atoms with van der Waals surface area (Å²) in [5.74, 6) is 0.666. The van der Waals surface area contributed by atoms with Crippen LogP contribution in [0, 0.1) is 29.5 Å². The molecule has 0 unspecified atom stereocenters. The number of anilines is 3. The van der Waals surface area contributed by atoms with E-state index < -0.39 is 15.7 Å². The molecule has 4 fully saturated rings.